The predicted octanol–water partition coefficient (Wildman–Crippen LogP) is 4.88. The van der Waals surface area contributed by atoms with E-state index >= 15 is 0 Å². The molecule has 2 aromatic rings. The van der Waals surface area contributed by atoms with E-state index < -0.39 is 5.60 Å². The van der Waals surface area contributed by atoms with Gasteiger partial charge in [0.15, 0.2) is 0 Å². The van der Waals surface area contributed by atoms with Crippen molar-refractivity contribution in [2.24, 2.45) is 0 Å². The molecule has 2 aromatic carbocycles. The zero-order valence-corrected chi connectivity index (χ0v) is 15.0. The molecule has 1 aliphatic heterocycles. The Morgan fingerprint density at radius 1 is 1.09 bits per heavy atom. The number of ether oxygens (including phenoxy) is 1. The first-order valence-corrected chi connectivity index (χ1v) is 9.26. The van der Waals surface area contributed by atoms with Crippen molar-refractivity contribution in [2.75, 3.05) is 4.43 Å². The number of aliphatic hydroxyl groups is 1. The van der Waals surface area contributed by atoms with Gasteiger partial charge >= 0.3 is 0 Å². The molecule has 3 atom stereocenters. The molecule has 1 aliphatic rings. The van der Waals surface area contributed by atoms with Gasteiger partial charge in [-0.2, -0.15) is 0 Å². The first kappa shape index (κ1) is 16.2. The van der Waals surface area contributed by atoms with Crippen LogP contribution in [-0.4, -0.2) is 15.6 Å². The number of hydrogen-bond acceptors (Lipinski definition) is 2. The molecule has 22 heavy (non-hydrogen) atoms. The molecule has 116 valence electrons. The van der Waals surface area contributed by atoms with Gasteiger partial charge in [-0.3, -0.25) is 0 Å². The highest BCUT2D eigenvalue weighted by Gasteiger charge is 2.41. The van der Waals surface area contributed by atoms with Gasteiger partial charge in [0, 0.05) is 22.3 Å². The highest BCUT2D eigenvalue weighted by molar-refractivity contribution is 14.1. The lowest BCUT2D eigenvalue weighted by molar-refractivity contribution is -0.141. The summed E-state index contributed by atoms with van der Waals surface area (Å²) >= 11 is 8.29. The van der Waals surface area contributed by atoms with Gasteiger partial charge in [0.05, 0.1) is 17.8 Å². The Balaban J connectivity index is 1.91. The van der Waals surface area contributed by atoms with Crippen molar-refractivity contribution in [3.8, 4) is 0 Å². The Morgan fingerprint density at radius 3 is 2.41 bits per heavy atom. The fourth-order valence-electron chi connectivity index (χ4n) is 3.04. The third kappa shape index (κ3) is 3.48. The molecule has 2 nitrogen and oxygen atoms in total. The first-order chi connectivity index (χ1) is 10.6. The maximum absolute atomic E-state index is 11.2. The van der Waals surface area contributed by atoms with Gasteiger partial charge in [-0.15, -0.1) is 0 Å². The third-order valence-corrected chi connectivity index (χ3v) is 5.40. The molecule has 0 spiro atoms. The number of rotatable bonds is 3. The second-order valence-corrected chi connectivity index (χ2v) is 7.08. The van der Waals surface area contributed by atoms with Crippen LogP contribution in [0.1, 0.15) is 30.1 Å². The fraction of sp³-hybridized carbons (Fsp3) is 0.333. The topological polar surface area (TPSA) is 29.5 Å². The van der Waals surface area contributed by atoms with Gasteiger partial charge in [-0.1, -0.05) is 76.7 Å². The standard InChI is InChI=1S/C18H18ClIO2/c19-15-8-6-13(7-9-15)17-11-18(21,10-16(12-20)22-17)14-4-2-1-3-5-14/h1-9,16-17,21H,10-12H2/t16-,17+,18-/m0/s1. The largest absolute Gasteiger partial charge is 0.385 e. The molecule has 1 N–H and O–H groups in total. The molecule has 0 aliphatic carbocycles. The molecule has 0 radical (unpaired) electrons. The lowest BCUT2D eigenvalue weighted by Crippen LogP contribution is -2.40. The fourth-order valence-corrected chi connectivity index (χ4v) is 3.69. The van der Waals surface area contributed by atoms with Crippen LogP contribution < -0.4 is 0 Å². The highest BCUT2D eigenvalue weighted by atomic mass is 127. The first-order valence-electron chi connectivity index (χ1n) is 7.35. The molecule has 1 fully saturated rings. The molecule has 1 heterocycles. The van der Waals surface area contributed by atoms with Crippen LogP contribution in [0.25, 0.3) is 0 Å². The van der Waals surface area contributed by atoms with Crippen LogP contribution in [-0.2, 0) is 10.3 Å². The molecule has 0 saturated carbocycles. The van der Waals surface area contributed by atoms with E-state index in [4.69, 9.17) is 16.3 Å². The monoisotopic (exact) mass is 428 g/mol. The summed E-state index contributed by atoms with van der Waals surface area (Å²) in [5, 5.41) is 11.9. The van der Waals surface area contributed by atoms with Crippen molar-refractivity contribution in [1.82, 2.24) is 0 Å². The van der Waals surface area contributed by atoms with Gasteiger partial charge in [-0.25, -0.2) is 0 Å². The van der Waals surface area contributed by atoms with Crippen molar-refractivity contribution < 1.29 is 9.84 Å². The summed E-state index contributed by atoms with van der Waals surface area (Å²) in [6.07, 6.45) is 1.12. The maximum Gasteiger partial charge on any atom is 0.0949 e. The molecule has 4 heteroatoms. The zero-order chi connectivity index (χ0) is 15.6. The molecule has 0 unspecified atom stereocenters. The second kappa shape index (κ2) is 6.87. The molecule has 3 rings (SSSR count). The van der Waals surface area contributed by atoms with Crippen LogP contribution >= 0.6 is 34.2 Å². The Labute approximate surface area is 149 Å². The van der Waals surface area contributed by atoms with Crippen LogP contribution in [0.3, 0.4) is 0 Å². The smallest absolute Gasteiger partial charge is 0.0949 e. The summed E-state index contributed by atoms with van der Waals surface area (Å²) in [7, 11) is 0. The minimum absolute atomic E-state index is 0.0419. The van der Waals surface area contributed by atoms with Crippen molar-refractivity contribution in [3.63, 3.8) is 0 Å². The predicted molar refractivity (Wildman–Crippen MR) is 97.5 cm³/mol. The Morgan fingerprint density at radius 2 is 1.77 bits per heavy atom. The van der Waals surface area contributed by atoms with Crippen LogP contribution in [0.5, 0.6) is 0 Å². The SMILES string of the molecule is O[C@@]1(c2ccccc2)C[C@@H](CI)O[C@@H](c2ccc(Cl)cc2)C1. The summed E-state index contributed by atoms with van der Waals surface area (Å²) in [6.45, 7) is 0. The Bertz CT molecular complexity index is 617. The van der Waals surface area contributed by atoms with E-state index in [9.17, 15) is 5.11 Å². The molecule has 1 saturated heterocycles. The molecular formula is C18H18ClIO2. The quantitative estimate of drug-likeness (QED) is 0.557. The van der Waals surface area contributed by atoms with E-state index in [2.05, 4.69) is 22.6 Å². The minimum atomic E-state index is -0.848. The minimum Gasteiger partial charge on any atom is -0.385 e. The van der Waals surface area contributed by atoms with E-state index in [1.807, 2.05) is 54.6 Å². The Hall–Kier alpha value is -0.620. The second-order valence-electron chi connectivity index (χ2n) is 5.76. The van der Waals surface area contributed by atoms with Crippen LogP contribution in [0.4, 0.5) is 0 Å². The van der Waals surface area contributed by atoms with Crippen LogP contribution in [0.2, 0.25) is 5.02 Å². The van der Waals surface area contributed by atoms with Gasteiger partial charge in [-0.05, 0) is 23.3 Å². The van der Waals surface area contributed by atoms with Gasteiger partial charge in [0.2, 0.25) is 0 Å². The zero-order valence-electron chi connectivity index (χ0n) is 12.1. The van der Waals surface area contributed by atoms with E-state index in [-0.39, 0.29) is 12.2 Å². The maximum atomic E-state index is 11.2. The summed E-state index contributed by atoms with van der Waals surface area (Å²) in [4.78, 5) is 0. The third-order valence-electron chi connectivity index (χ3n) is 4.17. The summed E-state index contributed by atoms with van der Waals surface area (Å²) in [5.74, 6) is 0. The number of halogens is 2. The van der Waals surface area contributed by atoms with Gasteiger partial charge in [0.1, 0.15) is 0 Å². The van der Waals surface area contributed by atoms with Gasteiger partial charge < -0.3 is 9.84 Å². The van der Waals surface area contributed by atoms with Crippen molar-refractivity contribution in [2.45, 2.75) is 30.7 Å². The lowest BCUT2D eigenvalue weighted by atomic mass is 9.80. The lowest BCUT2D eigenvalue weighted by Gasteiger charge is -2.41. The van der Waals surface area contributed by atoms with E-state index in [0.717, 1.165) is 15.6 Å². The molecular weight excluding hydrogens is 411 g/mol. The summed E-state index contributed by atoms with van der Waals surface area (Å²) in [6, 6.07) is 17.6. The Kier molecular flexibility index (Phi) is 5.07. The van der Waals surface area contributed by atoms with E-state index in [1.54, 1.807) is 0 Å². The molecule has 0 amide bonds. The van der Waals surface area contributed by atoms with Crippen molar-refractivity contribution in [1.29, 1.82) is 0 Å². The van der Waals surface area contributed by atoms with Crippen LogP contribution in [0, 0.1) is 0 Å². The van der Waals surface area contributed by atoms with Gasteiger partial charge in [0.25, 0.3) is 0 Å². The van der Waals surface area contributed by atoms with Crippen LogP contribution in [0.15, 0.2) is 54.6 Å². The number of benzene rings is 2. The average molecular weight is 429 g/mol. The number of hydrogen-bond donors (Lipinski definition) is 1. The molecule has 0 aromatic heterocycles. The normalized spacial score (nSPS) is 28.5. The van der Waals surface area contributed by atoms with E-state index in [1.165, 1.54) is 0 Å². The highest BCUT2D eigenvalue weighted by Crippen LogP contribution is 2.43. The molecule has 0 bridgehead atoms. The number of alkyl halides is 1. The van der Waals surface area contributed by atoms with Crippen molar-refractivity contribution in [3.05, 3.63) is 70.7 Å². The summed E-state index contributed by atoms with van der Waals surface area (Å²) in [5.41, 5.74) is 1.18. The average Bonchev–Trinajstić information content (AvgIpc) is 2.56. The summed E-state index contributed by atoms with van der Waals surface area (Å²) < 4.78 is 7.03. The van der Waals surface area contributed by atoms with E-state index in [0.29, 0.717) is 17.9 Å². The van der Waals surface area contributed by atoms with Crippen molar-refractivity contribution >= 4 is 34.2 Å².